The van der Waals surface area contributed by atoms with Gasteiger partial charge in [-0.25, -0.2) is 8.42 Å². The van der Waals surface area contributed by atoms with Gasteiger partial charge in [0.15, 0.2) is 9.84 Å². The Balaban J connectivity index is 1.88. The third kappa shape index (κ3) is 6.04. The smallest absolute Gasteiger partial charge is 0.152 e. The number of Topliss-reactive ketones (excluding diaryl/α,β-unsaturated/α-hetero) is 2. The van der Waals surface area contributed by atoms with Crippen LogP contribution in [0.1, 0.15) is 57.6 Å². The minimum atomic E-state index is -3.01. The Kier molecular flexibility index (Phi) is 7.16. The summed E-state index contributed by atoms with van der Waals surface area (Å²) in [4.78, 5) is 23.9. The van der Waals surface area contributed by atoms with E-state index in [0.29, 0.717) is 12.8 Å². The van der Waals surface area contributed by atoms with Crippen molar-refractivity contribution in [3.05, 3.63) is 35.4 Å². The van der Waals surface area contributed by atoms with Crippen LogP contribution in [0.15, 0.2) is 24.3 Å². The molecule has 2 rings (SSSR count). The molecular formula is C21H30O4S. The average molecular weight is 379 g/mol. The summed E-state index contributed by atoms with van der Waals surface area (Å²) in [7, 11) is -3.01. The summed E-state index contributed by atoms with van der Waals surface area (Å²) in [5.41, 5.74) is 1.91. The van der Waals surface area contributed by atoms with Crippen LogP contribution in [0.2, 0.25) is 0 Å². The van der Waals surface area contributed by atoms with E-state index in [4.69, 9.17) is 0 Å². The summed E-state index contributed by atoms with van der Waals surface area (Å²) < 4.78 is 24.1. The van der Waals surface area contributed by atoms with Gasteiger partial charge in [0.1, 0.15) is 11.6 Å². The van der Waals surface area contributed by atoms with Crippen molar-refractivity contribution in [3.8, 4) is 0 Å². The Morgan fingerprint density at radius 2 is 1.62 bits per heavy atom. The van der Waals surface area contributed by atoms with Crippen molar-refractivity contribution in [1.82, 2.24) is 0 Å². The molecule has 1 fully saturated rings. The van der Waals surface area contributed by atoms with Gasteiger partial charge >= 0.3 is 0 Å². The number of ketones is 2. The molecule has 0 aromatic heterocycles. The summed E-state index contributed by atoms with van der Waals surface area (Å²) in [6, 6.07) is 7.69. The maximum atomic E-state index is 12.6. The molecule has 5 heteroatoms. The topological polar surface area (TPSA) is 68.3 Å². The number of rotatable bonds is 8. The van der Waals surface area contributed by atoms with Gasteiger partial charge in [-0.2, -0.15) is 0 Å². The molecule has 144 valence electrons. The van der Waals surface area contributed by atoms with Crippen LogP contribution < -0.4 is 0 Å². The molecule has 1 aliphatic rings. The number of benzene rings is 1. The zero-order valence-electron chi connectivity index (χ0n) is 16.0. The third-order valence-corrected chi connectivity index (χ3v) is 7.68. The lowest BCUT2D eigenvalue weighted by atomic mass is 9.79. The minimum Gasteiger partial charge on any atom is -0.300 e. The third-order valence-electron chi connectivity index (χ3n) is 5.31. The molecule has 0 saturated heterocycles. The highest BCUT2D eigenvalue weighted by atomic mass is 32.2. The van der Waals surface area contributed by atoms with Crippen LogP contribution in [0.5, 0.6) is 0 Å². The molecule has 0 atom stereocenters. The van der Waals surface area contributed by atoms with Gasteiger partial charge in [0.25, 0.3) is 0 Å². The van der Waals surface area contributed by atoms with Crippen LogP contribution in [0.3, 0.4) is 0 Å². The molecule has 1 aromatic rings. The number of carbonyl (C=O) groups is 2. The van der Waals surface area contributed by atoms with Crippen molar-refractivity contribution in [2.45, 2.75) is 64.5 Å². The van der Waals surface area contributed by atoms with E-state index >= 15 is 0 Å². The Morgan fingerprint density at radius 1 is 1.04 bits per heavy atom. The van der Waals surface area contributed by atoms with E-state index in [2.05, 4.69) is 0 Å². The molecule has 0 heterocycles. The van der Waals surface area contributed by atoms with Crippen LogP contribution in [-0.4, -0.2) is 31.0 Å². The monoisotopic (exact) mass is 378 g/mol. The minimum absolute atomic E-state index is 0.0319. The lowest BCUT2D eigenvalue weighted by Gasteiger charge is -2.28. The van der Waals surface area contributed by atoms with E-state index in [-0.39, 0.29) is 34.4 Å². The first-order valence-corrected chi connectivity index (χ1v) is 11.2. The van der Waals surface area contributed by atoms with Gasteiger partial charge in [0.05, 0.1) is 11.0 Å². The van der Waals surface area contributed by atoms with E-state index in [1.807, 2.05) is 24.3 Å². The molecule has 0 unspecified atom stereocenters. The molecule has 0 aliphatic heterocycles. The van der Waals surface area contributed by atoms with Crippen molar-refractivity contribution in [1.29, 1.82) is 0 Å². The number of hydrogen-bond acceptors (Lipinski definition) is 4. The van der Waals surface area contributed by atoms with Gasteiger partial charge in [-0.05, 0) is 63.5 Å². The zero-order chi connectivity index (χ0) is 19.3. The summed E-state index contributed by atoms with van der Waals surface area (Å²) >= 11 is 0. The largest absolute Gasteiger partial charge is 0.300 e. The fourth-order valence-electron chi connectivity index (χ4n) is 3.65. The highest BCUT2D eigenvalue weighted by Gasteiger charge is 2.29. The van der Waals surface area contributed by atoms with Crippen LogP contribution in [0.4, 0.5) is 0 Å². The molecule has 1 saturated carbocycles. The normalized spacial score (nSPS) is 20.9. The Morgan fingerprint density at radius 3 is 2.15 bits per heavy atom. The second-order valence-corrected chi connectivity index (χ2v) is 10.5. The molecule has 0 amide bonds. The van der Waals surface area contributed by atoms with Crippen molar-refractivity contribution >= 4 is 21.4 Å². The van der Waals surface area contributed by atoms with Crippen LogP contribution in [0, 0.1) is 11.8 Å². The first-order chi connectivity index (χ1) is 12.2. The second-order valence-electron chi connectivity index (χ2n) is 7.94. The van der Waals surface area contributed by atoms with Gasteiger partial charge in [-0.3, -0.25) is 9.59 Å². The summed E-state index contributed by atoms with van der Waals surface area (Å²) in [5, 5.41) is -0.330. The summed E-state index contributed by atoms with van der Waals surface area (Å²) in [5.74, 6) is 0.812. The van der Waals surface area contributed by atoms with E-state index in [0.717, 1.165) is 36.8 Å². The first kappa shape index (κ1) is 20.8. The Hall–Kier alpha value is -1.49. The van der Waals surface area contributed by atoms with E-state index in [9.17, 15) is 18.0 Å². The zero-order valence-corrected chi connectivity index (χ0v) is 16.8. The van der Waals surface area contributed by atoms with Gasteiger partial charge in [0, 0.05) is 18.8 Å². The lowest BCUT2D eigenvalue weighted by Crippen LogP contribution is -2.29. The number of hydrogen-bond donors (Lipinski definition) is 0. The standard InChI is InChI=1S/C21H30O4S/c1-15(2)26(24,25)14-17-7-9-20(10-8-17)21(23)13-19-6-4-5-18(12-19)11-16(3)22/h4-6,12,15,17,20H,7-11,13-14H2,1-3H3. The summed E-state index contributed by atoms with van der Waals surface area (Å²) in [6.45, 7) is 5.02. The van der Waals surface area contributed by atoms with Gasteiger partial charge in [-0.1, -0.05) is 24.3 Å². The summed E-state index contributed by atoms with van der Waals surface area (Å²) in [6.07, 6.45) is 3.98. The Bertz CT molecular complexity index is 741. The van der Waals surface area contributed by atoms with Crippen molar-refractivity contribution in [2.24, 2.45) is 11.8 Å². The molecule has 0 radical (unpaired) electrons. The van der Waals surface area contributed by atoms with Crippen LogP contribution >= 0.6 is 0 Å². The van der Waals surface area contributed by atoms with E-state index in [1.54, 1.807) is 20.8 Å². The quantitative estimate of drug-likeness (QED) is 0.694. The molecular weight excluding hydrogens is 348 g/mol. The molecule has 0 spiro atoms. The van der Waals surface area contributed by atoms with Crippen LogP contribution in [-0.2, 0) is 32.3 Å². The molecule has 1 aliphatic carbocycles. The molecule has 0 N–H and O–H groups in total. The molecule has 26 heavy (non-hydrogen) atoms. The van der Waals surface area contributed by atoms with Crippen molar-refractivity contribution in [3.63, 3.8) is 0 Å². The maximum Gasteiger partial charge on any atom is 0.152 e. The first-order valence-electron chi connectivity index (χ1n) is 9.49. The Labute approximate surface area is 157 Å². The predicted octanol–water partition coefficient (Wildman–Crippen LogP) is 3.56. The average Bonchev–Trinajstić information content (AvgIpc) is 2.54. The van der Waals surface area contributed by atoms with Crippen molar-refractivity contribution < 1.29 is 18.0 Å². The van der Waals surface area contributed by atoms with E-state index < -0.39 is 9.84 Å². The van der Waals surface area contributed by atoms with Gasteiger partial charge in [0.2, 0.25) is 0 Å². The SMILES string of the molecule is CC(=O)Cc1cccc(CC(=O)C2CCC(CS(=O)(=O)C(C)C)CC2)c1. The maximum absolute atomic E-state index is 12.6. The molecule has 1 aromatic carbocycles. The fourth-order valence-corrected chi connectivity index (χ4v) is 5.03. The molecule has 4 nitrogen and oxygen atoms in total. The second kappa shape index (κ2) is 8.94. The van der Waals surface area contributed by atoms with Crippen molar-refractivity contribution in [2.75, 3.05) is 5.75 Å². The number of carbonyl (C=O) groups excluding carboxylic acids is 2. The van der Waals surface area contributed by atoms with Crippen LogP contribution in [0.25, 0.3) is 0 Å². The highest BCUT2D eigenvalue weighted by Crippen LogP contribution is 2.31. The van der Waals surface area contributed by atoms with Gasteiger partial charge < -0.3 is 0 Å². The predicted molar refractivity (Wildman–Crippen MR) is 104 cm³/mol. The fraction of sp³-hybridized carbons (Fsp3) is 0.619. The highest BCUT2D eigenvalue weighted by molar-refractivity contribution is 7.91. The van der Waals surface area contributed by atoms with Gasteiger partial charge in [-0.15, -0.1) is 0 Å². The molecule has 0 bridgehead atoms. The van der Waals surface area contributed by atoms with E-state index in [1.165, 1.54) is 0 Å². The number of sulfone groups is 1. The lowest BCUT2D eigenvalue weighted by molar-refractivity contribution is -0.123.